The molecule has 0 fully saturated rings. The molecule has 0 aromatic heterocycles. The van der Waals surface area contributed by atoms with E-state index in [0.29, 0.717) is 5.92 Å². The zero-order chi connectivity index (χ0) is 15.4. The molecular weight excluding hydrogens is 280 g/mol. The van der Waals surface area contributed by atoms with Crippen molar-refractivity contribution >= 4 is 11.6 Å². The molecule has 21 heavy (non-hydrogen) atoms. The van der Waals surface area contributed by atoms with Gasteiger partial charge in [0.2, 0.25) is 0 Å². The lowest BCUT2D eigenvalue weighted by Crippen LogP contribution is -2.29. The highest BCUT2D eigenvalue weighted by atomic mass is 35.5. The van der Waals surface area contributed by atoms with Crippen LogP contribution in [0.25, 0.3) is 0 Å². The second-order valence-electron chi connectivity index (χ2n) is 6.00. The number of halogens is 1. The van der Waals surface area contributed by atoms with Gasteiger partial charge < -0.3 is 0 Å². The third-order valence-corrected chi connectivity index (χ3v) is 3.71. The number of benzene rings is 2. The summed E-state index contributed by atoms with van der Waals surface area (Å²) in [6.07, 6.45) is 1.07. The maximum absolute atomic E-state index is 6.17. The zero-order valence-electron chi connectivity index (χ0n) is 12.9. The van der Waals surface area contributed by atoms with Crippen LogP contribution in [-0.2, 0) is 6.42 Å². The van der Waals surface area contributed by atoms with Crippen LogP contribution in [0.2, 0.25) is 5.02 Å². The number of aryl methyl sites for hydroxylation is 1. The summed E-state index contributed by atoms with van der Waals surface area (Å²) in [5.74, 6) is 6.43. The highest BCUT2D eigenvalue weighted by molar-refractivity contribution is 6.30. The number of hydrazine groups is 1. The van der Waals surface area contributed by atoms with Gasteiger partial charge in [-0.05, 0) is 53.6 Å². The molecule has 2 aromatic carbocycles. The van der Waals surface area contributed by atoms with Gasteiger partial charge in [-0.2, -0.15) is 0 Å². The summed E-state index contributed by atoms with van der Waals surface area (Å²) < 4.78 is 0. The molecule has 0 saturated carbocycles. The Morgan fingerprint density at radius 2 is 1.86 bits per heavy atom. The van der Waals surface area contributed by atoms with Crippen LogP contribution in [0.4, 0.5) is 0 Å². The lowest BCUT2D eigenvalue weighted by atomic mass is 9.94. The molecule has 0 aliphatic rings. The van der Waals surface area contributed by atoms with Crippen molar-refractivity contribution in [1.82, 2.24) is 5.43 Å². The highest BCUT2D eigenvalue weighted by Crippen LogP contribution is 2.26. The molecule has 0 saturated heterocycles. The van der Waals surface area contributed by atoms with E-state index in [1.165, 1.54) is 5.56 Å². The summed E-state index contributed by atoms with van der Waals surface area (Å²) in [5, 5.41) is 0.739. The van der Waals surface area contributed by atoms with Crippen molar-refractivity contribution in [2.75, 3.05) is 0 Å². The minimum atomic E-state index is -0.0467. The summed E-state index contributed by atoms with van der Waals surface area (Å²) >= 11 is 6.17. The van der Waals surface area contributed by atoms with Gasteiger partial charge in [0, 0.05) is 5.02 Å². The van der Waals surface area contributed by atoms with Crippen LogP contribution in [0.1, 0.15) is 42.1 Å². The first-order valence-corrected chi connectivity index (χ1v) is 7.69. The molecule has 3 heteroatoms. The van der Waals surface area contributed by atoms with Gasteiger partial charge in [0.05, 0.1) is 6.04 Å². The SMILES string of the molecule is Cc1cc(Cl)cc(C(NN)c2cccc(CC(C)C)c2)c1. The van der Waals surface area contributed by atoms with Crippen molar-refractivity contribution in [2.45, 2.75) is 33.2 Å². The smallest absolute Gasteiger partial charge is 0.0710 e. The van der Waals surface area contributed by atoms with E-state index >= 15 is 0 Å². The molecule has 1 atom stereocenters. The Kier molecular flexibility index (Phi) is 5.40. The van der Waals surface area contributed by atoms with Gasteiger partial charge in [-0.25, -0.2) is 5.43 Å². The lowest BCUT2D eigenvalue weighted by Gasteiger charge is -2.19. The first kappa shape index (κ1) is 16.0. The van der Waals surface area contributed by atoms with Crippen molar-refractivity contribution in [3.63, 3.8) is 0 Å². The Bertz CT molecular complexity index is 588. The number of nitrogens with two attached hydrogens (primary N) is 1. The number of rotatable bonds is 5. The van der Waals surface area contributed by atoms with Crippen molar-refractivity contribution < 1.29 is 0 Å². The Balaban J connectivity index is 2.36. The fourth-order valence-corrected chi connectivity index (χ4v) is 2.99. The van der Waals surface area contributed by atoms with E-state index in [-0.39, 0.29) is 6.04 Å². The van der Waals surface area contributed by atoms with Crippen LogP contribution in [0, 0.1) is 12.8 Å². The molecule has 2 aromatic rings. The predicted molar refractivity (Wildman–Crippen MR) is 90.3 cm³/mol. The molecule has 0 amide bonds. The average molecular weight is 303 g/mol. The van der Waals surface area contributed by atoms with Crippen molar-refractivity contribution in [2.24, 2.45) is 11.8 Å². The van der Waals surface area contributed by atoms with Crippen LogP contribution < -0.4 is 11.3 Å². The number of hydrogen-bond acceptors (Lipinski definition) is 2. The van der Waals surface area contributed by atoms with Gasteiger partial charge in [-0.3, -0.25) is 5.84 Å². The van der Waals surface area contributed by atoms with Gasteiger partial charge in [0.1, 0.15) is 0 Å². The molecule has 0 aliphatic heterocycles. The predicted octanol–water partition coefficient (Wildman–Crippen LogP) is 4.40. The van der Waals surface area contributed by atoms with Gasteiger partial charge in [-0.1, -0.05) is 55.8 Å². The first-order valence-electron chi connectivity index (χ1n) is 7.31. The Morgan fingerprint density at radius 1 is 1.10 bits per heavy atom. The Hall–Kier alpha value is -1.35. The summed E-state index contributed by atoms with van der Waals surface area (Å²) in [7, 11) is 0. The van der Waals surface area contributed by atoms with E-state index in [4.69, 9.17) is 17.4 Å². The molecule has 0 radical (unpaired) electrons. The third kappa shape index (κ3) is 4.31. The second kappa shape index (κ2) is 7.08. The summed E-state index contributed by atoms with van der Waals surface area (Å²) in [6.45, 7) is 6.50. The minimum absolute atomic E-state index is 0.0467. The fourth-order valence-electron chi connectivity index (χ4n) is 2.69. The summed E-state index contributed by atoms with van der Waals surface area (Å²) in [4.78, 5) is 0. The normalized spacial score (nSPS) is 12.7. The fraction of sp³-hybridized carbons (Fsp3) is 0.333. The standard InChI is InChI=1S/C18H23ClN2/c1-12(2)7-14-5-4-6-15(10-14)18(21-20)16-8-13(3)9-17(19)11-16/h4-6,8-12,18,21H,7,20H2,1-3H3. The van der Waals surface area contributed by atoms with Gasteiger partial charge in [-0.15, -0.1) is 0 Å². The van der Waals surface area contributed by atoms with E-state index in [0.717, 1.165) is 28.1 Å². The molecule has 0 bridgehead atoms. The van der Waals surface area contributed by atoms with Crippen LogP contribution in [0.15, 0.2) is 42.5 Å². The van der Waals surface area contributed by atoms with E-state index in [2.05, 4.69) is 49.6 Å². The van der Waals surface area contributed by atoms with Crippen molar-refractivity contribution in [3.8, 4) is 0 Å². The Labute approximate surface area is 132 Å². The van der Waals surface area contributed by atoms with E-state index < -0.39 is 0 Å². The van der Waals surface area contributed by atoms with Gasteiger partial charge in [0.25, 0.3) is 0 Å². The topological polar surface area (TPSA) is 38.0 Å². The molecule has 0 aliphatic carbocycles. The summed E-state index contributed by atoms with van der Waals surface area (Å²) in [6, 6.07) is 14.6. The molecule has 0 heterocycles. The van der Waals surface area contributed by atoms with Crippen molar-refractivity contribution in [1.29, 1.82) is 0 Å². The quantitative estimate of drug-likeness (QED) is 0.634. The van der Waals surface area contributed by atoms with Crippen LogP contribution in [0.5, 0.6) is 0 Å². The van der Waals surface area contributed by atoms with Gasteiger partial charge >= 0.3 is 0 Å². The van der Waals surface area contributed by atoms with Crippen LogP contribution in [0.3, 0.4) is 0 Å². The maximum atomic E-state index is 6.17. The van der Waals surface area contributed by atoms with Gasteiger partial charge in [0.15, 0.2) is 0 Å². The molecule has 0 spiro atoms. The Morgan fingerprint density at radius 3 is 2.48 bits per heavy atom. The van der Waals surface area contributed by atoms with Crippen LogP contribution in [-0.4, -0.2) is 0 Å². The average Bonchev–Trinajstić information content (AvgIpc) is 2.38. The third-order valence-electron chi connectivity index (χ3n) is 3.49. The molecule has 3 N–H and O–H groups in total. The first-order chi connectivity index (χ1) is 9.99. The number of hydrogen-bond donors (Lipinski definition) is 2. The molecule has 2 rings (SSSR count). The monoisotopic (exact) mass is 302 g/mol. The molecule has 112 valence electrons. The van der Waals surface area contributed by atoms with Crippen LogP contribution >= 0.6 is 11.6 Å². The highest BCUT2D eigenvalue weighted by Gasteiger charge is 2.14. The molecular formula is C18H23ClN2. The lowest BCUT2D eigenvalue weighted by molar-refractivity contribution is 0.627. The van der Waals surface area contributed by atoms with E-state index in [1.807, 2.05) is 19.1 Å². The number of nitrogens with one attached hydrogen (secondary N) is 1. The largest absolute Gasteiger partial charge is 0.271 e. The zero-order valence-corrected chi connectivity index (χ0v) is 13.6. The maximum Gasteiger partial charge on any atom is 0.0710 e. The minimum Gasteiger partial charge on any atom is -0.271 e. The summed E-state index contributed by atoms with van der Waals surface area (Å²) in [5.41, 5.74) is 7.63. The molecule has 1 unspecified atom stereocenters. The van der Waals surface area contributed by atoms with E-state index in [9.17, 15) is 0 Å². The second-order valence-corrected chi connectivity index (χ2v) is 6.44. The van der Waals surface area contributed by atoms with E-state index in [1.54, 1.807) is 0 Å². The van der Waals surface area contributed by atoms with Crippen molar-refractivity contribution in [3.05, 3.63) is 69.7 Å². The molecule has 2 nitrogen and oxygen atoms in total.